The monoisotopic (exact) mass is 197 g/mol. The van der Waals surface area contributed by atoms with E-state index in [0.717, 1.165) is 28.5 Å². The highest BCUT2D eigenvalue weighted by atomic mass is 32.2. The van der Waals surface area contributed by atoms with Gasteiger partial charge in [0.25, 0.3) is 0 Å². The van der Waals surface area contributed by atoms with Gasteiger partial charge in [0, 0.05) is 23.5 Å². The molecule has 0 amide bonds. The van der Waals surface area contributed by atoms with Crippen molar-refractivity contribution in [1.29, 1.82) is 0 Å². The molecule has 72 valence electrons. The third kappa shape index (κ3) is 2.42. The van der Waals surface area contributed by atoms with E-state index < -0.39 is 0 Å². The summed E-state index contributed by atoms with van der Waals surface area (Å²) in [5.74, 6) is 1.77. The summed E-state index contributed by atoms with van der Waals surface area (Å²) in [5.41, 5.74) is 8.69. The molecule has 0 aliphatic rings. The largest absolute Gasteiger partial charge is 0.326 e. The number of thioether (sulfide) groups is 1. The molecule has 13 heavy (non-hydrogen) atoms. The molecule has 1 rings (SSSR count). The lowest BCUT2D eigenvalue weighted by molar-refractivity contribution is 0.891. The number of aryl methyl sites for hydroxylation is 2. The standard InChI is InChI=1S/C9H15N3S/c1-6-8(4-10)7(2)12-9(11-6)5-13-3/h4-5,10H2,1-3H3. The van der Waals surface area contributed by atoms with E-state index in [9.17, 15) is 0 Å². The molecule has 0 saturated heterocycles. The van der Waals surface area contributed by atoms with Crippen LogP contribution in [0.1, 0.15) is 22.8 Å². The lowest BCUT2D eigenvalue weighted by Crippen LogP contribution is -2.08. The number of rotatable bonds is 3. The third-order valence-corrected chi connectivity index (χ3v) is 2.49. The van der Waals surface area contributed by atoms with Crippen LogP contribution < -0.4 is 5.73 Å². The molecule has 0 saturated carbocycles. The van der Waals surface area contributed by atoms with Crippen LogP contribution in [-0.4, -0.2) is 16.2 Å². The number of nitrogens with zero attached hydrogens (tertiary/aromatic N) is 2. The maximum atomic E-state index is 5.59. The predicted molar refractivity (Wildman–Crippen MR) is 56.6 cm³/mol. The van der Waals surface area contributed by atoms with Crippen LogP contribution in [0.5, 0.6) is 0 Å². The molecule has 1 aromatic heterocycles. The van der Waals surface area contributed by atoms with Gasteiger partial charge >= 0.3 is 0 Å². The predicted octanol–water partition coefficient (Wildman–Crippen LogP) is 1.42. The van der Waals surface area contributed by atoms with Crippen molar-refractivity contribution in [1.82, 2.24) is 9.97 Å². The maximum Gasteiger partial charge on any atom is 0.138 e. The van der Waals surface area contributed by atoms with Crippen molar-refractivity contribution in [2.75, 3.05) is 6.26 Å². The number of nitrogens with two attached hydrogens (primary N) is 1. The molecule has 0 unspecified atom stereocenters. The maximum absolute atomic E-state index is 5.59. The van der Waals surface area contributed by atoms with Gasteiger partial charge in [0.15, 0.2) is 0 Å². The molecule has 0 bridgehead atoms. The zero-order valence-electron chi connectivity index (χ0n) is 8.29. The first-order valence-corrected chi connectivity index (χ1v) is 5.60. The highest BCUT2D eigenvalue weighted by Gasteiger charge is 2.05. The fourth-order valence-corrected chi connectivity index (χ4v) is 1.69. The summed E-state index contributed by atoms with van der Waals surface area (Å²) in [6.07, 6.45) is 2.05. The van der Waals surface area contributed by atoms with Gasteiger partial charge in [-0.15, -0.1) is 0 Å². The van der Waals surface area contributed by atoms with Crippen LogP contribution in [0.3, 0.4) is 0 Å². The minimum Gasteiger partial charge on any atom is -0.326 e. The van der Waals surface area contributed by atoms with E-state index in [1.54, 1.807) is 11.8 Å². The van der Waals surface area contributed by atoms with Crippen molar-refractivity contribution >= 4 is 11.8 Å². The molecule has 1 heterocycles. The third-order valence-electron chi connectivity index (χ3n) is 1.94. The van der Waals surface area contributed by atoms with Crippen LogP contribution in [0.15, 0.2) is 0 Å². The molecule has 0 atom stereocenters. The Kier molecular flexibility index (Phi) is 3.69. The van der Waals surface area contributed by atoms with Crippen LogP contribution in [0.4, 0.5) is 0 Å². The highest BCUT2D eigenvalue weighted by Crippen LogP contribution is 2.11. The van der Waals surface area contributed by atoms with Crippen molar-refractivity contribution in [3.05, 3.63) is 22.8 Å². The average Bonchev–Trinajstić information content (AvgIpc) is 2.04. The van der Waals surface area contributed by atoms with E-state index >= 15 is 0 Å². The van der Waals surface area contributed by atoms with Crippen molar-refractivity contribution in [2.45, 2.75) is 26.1 Å². The van der Waals surface area contributed by atoms with E-state index in [0.29, 0.717) is 6.54 Å². The summed E-state index contributed by atoms with van der Waals surface area (Å²) in [4.78, 5) is 8.77. The Morgan fingerprint density at radius 1 is 1.23 bits per heavy atom. The topological polar surface area (TPSA) is 51.8 Å². The van der Waals surface area contributed by atoms with Crippen molar-refractivity contribution in [3.8, 4) is 0 Å². The Morgan fingerprint density at radius 3 is 2.15 bits per heavy atom. The van der Waals surface area contributed by atoms with Gasteiger partial charge < -0.3 is 5.73 Å². The fraction of sp³-hybridized carbons (Fsp3) is 0.556. The van der Waals surface area contributed by atoms with Gasteiger partial charge in [-0.3, -0.25) is 0 Å². The minimum absolute atomic E-state index is 0.525. The summed E-state index contributed by atoms with van der Waals surface area (Å²) in [5, 5.41) is 0. The van der Waals surface area contributed by atoms with Gasteiger partial charge in [-0.25, -0.2) is 9.97 Å². The normalized spacial score (nSPS) is 10.5. The van der Waals surface area contributed by atoms with Crippen LogP contribution in [0.2, 0.25) is 0 Å². The Hall–Kier alpha value is -0.610. The zero-order chi connectivity index (χ0) is 9.84. The van der Waals surface area contributed by atoms with E-state index in [2.05, 4.69) is 9.97 Å². The molecule has 0 fully saturated rings. The van der Waals surface area contributed by atoms with Crippen LogP contribution in [-0.2, 0) is 12.3 Å². The second kappa shape index (κ2) is 4.58. The molecule has 4 heteroatoms. The van der Waals surface area contributed by atoms with Gasteiger partial charge in [-0.1, -0.05) is 0 Å². The number of hydrogen-bond acceptors (Lipinski definition) is 4. The van der Waals surface area contributed by atoms with Gasteiger partial charge in [-0.2, -0.15) is 11.8 Å². The van der Waals surface area contributed by atoms with Crippen molar-refractivity contribution in [3.63, 3.8) is 0 Å². The Balaban J connectivity index is 3.05. The molecular formula is C9H15N3S. The Bertz CT molecular complexity index is 276. The molecule has 0 spiro atoms. The first-order valence-electron chi connectivity index (χ1n) is 4.21. The lowest BCUT2D eigenvalue weighted by Gasteiger charge is -2.07. The minimum atomic E-state index is 0.525. The molecule has 0 radical (unpaired) electrons. The lowest BCUT2D eigenvalue weighted by atomic mass is 10.2. The molecule has 0 aliphatic heterocycles. The van der Waals surface area contributed by atoms with Gasteiger partial charge in [0.05, 0.1) is 5.75 Å². The number of aromatic nitrogens is 2. The summed E-state index contributed by atoms with van der Waals surface area (Å²) in [7, 11) is 0. The van der Waals surface area contributed by atoms with E-state index in [1.807, 2.05) is 20.1 Å². The zero-order valence-corrected chi connectivity index (χ0v) is 9.11. The quantitative estimate of drug-likeness (QED) is 0.796. The summed E-state index contributed by atoms with van der Waals surface area (Å²) < 4.78 is 0. The Morgan fingerprint density at radius 2 is 1.77 bits per heavy atom. The van der Waals surface area contributed by atoms with Crippen molar-refractivity contribution < 1.29 is 0 Å². The summed E-state index contributed by atoms with van der Waals surface area (Å²) >= 11 is 1.73. The first kappa shape index (κ1) is 10.5. The second-order valence-electron chi connectivity index (χ2n) is 2.93. The smallest absolute Gasteiger partial charge is 0.138 e. The van der Waals surface area contributed by atoms with Crippen LogP contribution >= 0.6 is 11.8 Å². The van der Waals surface area contributed by atoms with Gasteiger partial charge in [0.1, 0.15) is 5.82 Å². The van der Waals surface area contributed by atoms with E-state index in [4.69, 9.17) is 5.73 Å². The number of hydrogen-bond donors (Lipinski definition) is 1. The Labute approximate surface area is 83.2 Å². The summed E-state index contributed by atoms with van der Waals surface area (Å²) in [6, 6.07) is 0. The molecule has 3 nitrogen and oxygen atoms in total. The second-order valence-corrected chi connectivity index (χ2v) is 3.79. The highest BCUT2D eigenvalue weighted by molar-refractivity contribution is 7.97. The molecular weight excluding hydrogens is 182 g/mol. The van der Waals surface area contributed by atoms with E-state index in [1.165, 1.54) is 0 Å². The first-order chi connectivity index (χ1) is 6.19. The molecule has 1 aromatic rings. The average molecular weight is 197 g/mol. The van der Waals surface area contributed by atoms with E-state index in [-0.39, 0.29) is 0 Å². The summed E-state index contributed by atoms with van der Waals surface area (Å²) in [6.45, 7) is 4.50. The van der Waals surface area contributed by atoms with Gasteiger partial charge in [-0.05, 0) is 20.1 Å². The van der Waals surface area contributed by atoms with Crippen LogP contribution in [0, 0.1) is 13.8 Å². The van der Waals surface area contributed by atoms with Crippen molar-refractivity contribution in [2.24, 2.45) is 5.73 Å². The molecule has 0 aromatic carbocycles. The fourth-order valence-electron chi connectivity index (χ4n) is 1.30. The van der Waals surface area contributed by atoms with Gasteiger partial charge in [0.2, 0.25) is 0 Å². The molecule has 0 aliphatic carbocycles. The SMILES string of the molecule is CSCc1nc(C)c(CN)c(C)n1. The molecule has 2 N–H and O–H groups in total. The van der Waals surface area contributed by atoms with Crippen LogP contribution in [0.25, 0.3) is 0 Å².